The largest absolute Gasteiger partial charge is 0.490 e. The van der Waals surface area contributed by atoms with E-state index in [0.29, 0.717) is 50.1 Å². The lowest BCUT2D eigenvalue weighted by Gasteiger charge is -2.16. The van der Waals surface area contributed by atoms with Gasteiger partial charge in [-0.2, -0.15) is 8.78 Å². The van der Waals surface area contributed by atoms with Crippen LogP contribution in [0.1, 0.15) is 51.5 Å². The number of hydrogen-bond acceptors (Lipinski definition) is 4. The second kappa shape index (κ2) is 13.7. The molecule has 7 nitrogen and oxygen atoms in total. The van der Waals surface area contributed by atoms with Crippen LogP contribution in [0.5, 0.6) is 11.5 Å². The Morgan fingerprint density at radius 3 is 2.58 bits per heavy atom. The number of amides is 1. The first kappa shape index (κ1) is 24.7. The van der Waals surface area contributed by atoms with E-state index in [0.717, 1.165) is 12.8 Å². The molecule has 0 radical (unpaired) electrons. The van der Waals surface area contributed by atoms with Gasteiger partial charge in [0.1, 0.15) is 0 Å². The molecule has 0 aromatic heterocycles. The summed E-state index contributed by atoms with van der Waals surface area (Å²) in [5, 5.41) is 9.18. The van der Waals surface area contributed by atoms with Crippen LogP contribution in [-0.4, -0.2) is 44.7 Å². The number of nitrogens with zero attached hydrogens (tertiary/aromatic N) is 1. The highest BCUT2D eigenvalue weighted by atomic mass is 19.3. The van der Waals surface area contributed by atoms with Crippen LogP contribution >= 0.6 is 0 Å². The first-order valence-corrected chi connectivity index (χ1v) is 11.0. The Kier molecular flexibility index (Phi) is 10.9. The topological polar surface area (TPSA) is 84.0 Å². The number of para-hydroxylation sites is 1. The van der Waals surface area contributed by atoms with Crippen molar-refractivity contribution in [3.05, 3.63) is 23.8 Å². The van der Waals surface area contributed by atoms with Gasteiger partial charge in [0, 0.05) is 31.6 Å². The van der Waals surface area contributed by atoms with Crippen LogP contribution in [-0.2, 0) is 11.3 Å². The third-order valence-corrected chi connectivity index (χ3v) is 5.01. The number of benzene rings is 1. The number of guanidine groups is 1. The monoisotopic (exact) mass is 440 g/mol. The molecule has 9 heteroatoms. The molecule has 1 aliphatic carbocycles. The van der Waals surface area contributed by atoms with Gasteiger partial charge in [0.05, 0.1) is 13.2 Å². The lowest BCUT2D eigenvalue weighted by molar-refractivity contribution is -0.121. The van der Waals surface area contributed by atoms with E-state index in [1.165, 1.54) is 12.8 Å². The maximum absolute atomic E-state index is 12.9. The van der Waals surface area contributed by atoms with E-state index >= 15 is 0 Å². The summed E-state index contributed by atoms with van der Waals surface area (Å²) in [6, 6.07) is 4.98. The van der Waals surface area contributed by atoms with Crippen molar-refractivity contribution in [2.45, 2.75) is 59.1 Å². The highest BCUT2D eigenvalue weighted by molar-refractivity contribution is 5.80. The van der Waals surface area contributed by atoms with Crippen molar-refractivity contribution in [1.29, 1.82) is 0 Å². The molecule has 1 aromatic carbocycles. The number of ether oxygens (including phenoxy) is 2. The fourth-order valence-corrected chi connectivity index (χ4v) is 3.62. The molecule has 1 saturated carbocycles. The maximum atomic E-state index is 12.9. The number of rotatable bonds is 12. The minimum Gasteiger partial charge on any atom is -0.490 e. The van der Waals surface area contributed by atoms with Gasteiger partial charge in [-0.3, -0.25) is 4.79 Å². The van der Waals surface area contributed by atoms with E-state index < -0.39 is 6.61 Å². The van der Waals surface area contributed by atoms with Crippen LogP contribution in [0.15, 0.2) is 23.2 Å². The molecule has 0 bridgehead atoms. The molecular formula is C22H34F2N4O3. The van der Waals surface area contributed by atoms with Crippen LogP contribution in [0, 0.1) is 5.92 Å². The van der Waals surface area contributed by atoms with E-state index in [2.05, 4.69) is 25.7 Å². The molecule has 3 N–H and O–H groups in total. The van der Waals surface area contributed by atoms with Crippen LogP contribution in [0.3, 0.4) is 0 Å². The first-order valence-electron chi connectivity index (χ1n) is 11.0. The standard InChI is InChI=1S/C22H34F2N4O3/c1-3-25-22(27-13-12-26-19(29)14-16-8-5-6-9-16)28-15-17-10-7-11-18(30-4-2)20(17)31-21(23)24/h7,10-11,16,21H,3-6,8-9,12-15H2,1-2H3,(H,26,29)(H2,25,27,28). The highest BCUT2D eigenvalue weighted by Crippen LogP contribution is 2.33. The number of halogens is 2. The molecule has 1 fully saturated rings. The minimum atomic E-state index is -2.96. The zero-order valence-electron chi connectivity index (χ0n) is 18.4. The third-order valence-electron chi connectivity index (χ3n) is 5.01. The molecule has 1 aliphatic rings. The number of aliphatic imine (C=N–C) groups is 1. The van der Waals surface area contributed by atoms with Gasteiger partial charge in [-0.25, -0.2) is 4.99 Å². The van der Waals surface area contributed by atoms with Gasteiger partial charge in [0.15, 0.2) is 17.5 Å². The summed E-state index contributed by atoms with van der Waals surface area (Å²) in [6.45, 7) is 2.84. The Balaban J connectivity index is 1.89. The van der Waals surface area contributed by atoms with Crippen LogP contribution < -0.4 is 25.4 Å². The van der Waals surface area contributed by atoms with Crippen LogP contribution in [0.4, 0.5) is 8.78 Å². The minimum absolute atomic E-state index is 0.00174. The molecule has 0 unspecified atom stereocenters. The molecule has 0 saturated heterocycles. The molecule has 1 aromatic rings. The molecule has 0 heterocycles. The SMILES string of the molecule is CCNC(=NCc1cccc(OCC)c1OC(F)F)NCCNC(=O)CC1CCCC1. The van der Waals surface area contributed by atoms with E-state index in [-0.39, 0.29) is 24.0 Å². The number of alkyl halides is 2. The van der Waals surface area contributed by atoms with Gasteiger partial charge in [-0.15, -0.1) is 0 Å². The zero-order valence-corrected chi connectivity index (χ0v) is 18.4. The van der Waals surface area contributed by atoms with Gasteiger partial charge in [-0.05, 0) is 38.7 Å². The van der Waals surface area contributed by atoms with Crippen LogP contribution in [0.2, 0.25) is 0 Å². The van der Waals surface area contributed by atoms with Crippen molar-refractivity contribution >= 4 is 11.9 Å². The second-order valence-electron chi connectivity index (χ2n) is 7.38. The predicted molar refractivity (Wildman–Crippen MR) is 117 cm³/mol. The van der Waals surface area contributed by atoms with E-state index in [1.54, 1.807) is 25.1 Å². The van der Waals surface area contributed by atoms with Crippen molar-refractivity contribution < 1.29 is 23.0 Å². The van der Waals surface area contributed by atoms with E-state index in [9.17, 15) is 13.6 Å². The molecule has 2 rings (SSSR count). The Morgan fingerprint density at radius 2 is 1.90 bits per heavy atom. The van der Waals surface area contributed by atoms with Gasteiger partial charge in [-0.1, -0.05) is 25.0 Å². The fraction of sp³-hybridized carbons (Fsp3) is 0.636. The van der Waals surface area contributed by atoms with Crippen LogP contribution in [0.25, 0.3) is 0 Å². The summed E-state index contributed by atoms with van der Waals surface area (Å²) in [7, 11) is 0. The van der Waals surface area contributed by atoms with Crippen molar-refractivity contribution in [3.63, 3.8) is 0 Å². The Hall–Kier alpha value is -2.58. The molecular weight excluding hydrogens is 406 g/mol. The summed E-state index contributed by atoms with van der Waals surface area (Å²) >= 11 is 0. The Bertz CT molecular complexity index is 710. The molecule has 0 atom stereocenters. The van der Waals surface area contributed by atoms with Crippen molar-refractivity contribution in [2.24, 2.45) is 10.9 Å². The quantitative estimate of drug-likeness (QED) is 0.263. The number of carbonyl (C=O) groups excluding carboxylic acids is 1. The number of carbonyl (C=O) groups is 1. The van der Waals surface area contributed by atoms with E-state index in [1.807, 2.05) is 6.92 Å². The maximum Gasteiger partial charge on any atom is 0.387 e. The molecule has 174 valence electrons. The van der Waals surface area contributed by atoms with Crippen molar-refractivity contribution in [2.75, 3.05) is 26.2 Å². The summed E-state index contributed by atoms with van der Waals surface area (Å²) in [5.74, 6) is 1.38. The van der Waals surface area contributed by atoms with E-state index in [4.69, 9.17) is 4.74 Å². The van der Waals surface area contributed by atoms with Crippen molar-refractivity contribution in [1.82, 2.24) is 16.0 Å². The summed E-state index contributed by atoms with van der Waals surface area (Å²) in [5.41, 5.74) is 0.494. The van der Waals surface area contributed by atoms with Gasteiger partial charge >= 0.3 is 6.61 Å². The van der Waals surface area contributed by atoms with Gasteiger partial charge in [0.2, 0.25) is 5.91 Å². The third kappa shape index (κ3) is 8.98. The van der Waals surface area contributed by atoms with Gasteiger partial charge < -0.3 is 25.4 Å². The first-order chi connectivity index (χ1) is 15.0. The van der Waals surface area contributed by atoms with Crippen molar-refractivity contribution in [3.8, 4) is 11.5 Å². The lowest BCUT2D eigenvalue weighted by atomic mass is 10.0. The molecule has 0 aliphatic heterocycles. The molecule has 1 amide bonds. The highest BCUT2D eigenvalue weighted by Gasteiger charge is 2.18. The summed E-state index contributed by atoms with van der Waals surface area (Å²) < 4.78 is 35.8. The average molecular weight is 441 g/mol. The average Bonchev–Trinajstić information content (AvgIpc) is 3.24. The fourth-order valence-electron chi connectivity index (χ4n) is 3.62. The smallest absolute Gasteiger partial charge is 0.387 e. The summed E-state index contributed by atoms with van der Waals surface area (Å²) in [4.78, 5) is 16.5. The normalized spacial score (nSPS) is 14.5. The predicted octanol–water partition coefficient (Wildman–Crippen LogP) is 3.44. The second-order valence-corrected chi connectivity index (χ2v) is 7.38. The Morgan fingerprint density at radius 1 is 1.16 bits per heavy atom. The number of nitrogens with one attached hydrogen (secondary N) is 3. The molecule has 0 spiro atoms. The number of hydrogen-bond donors (Lipinski definition) is 3. The zero-order chi connectivity index (χ0) is 22.5. The molecule has 31 heavy (non-hydrogen) atoms. The van der Waals surface area contributed by atoms with Gasteiger partial charge in [0.25, 0.3) is 0 Å². The summed E-state index contributed by atoms with van der Waals surface area (Å²) in [6.07, 6.45) is 5.33. The lowest BCUT2D eigenvalue weighted by Crippen LogP contribution is -2.41. The Labute approximate surface area is 183 Å².